The van der Waals surface area contributed by atoms with Gasteiger partial charge in [0.2, 0.25) is 5.13 Å². The van der Waals surface area contributed by atoms with E-state index < -0.39 is 11.0 Å². The van der Waals surface area contributed by atoms with Crippen LogP contribution >= 0.6 is 11.3 Å². The highest BCUT2D eigenvalue weighted by Gasteiger charge is 2.36. The minimum Gasteiger partial charge on any atom is -0.492 e. The molecular formula is C21H18N6O4S. The number of carbonyl (C=O) groups excluding carboxylic acids is 1. The van der Waals surface area contributed by atoms with Crippen LogP contribution in [0.25, 0.3) is 11.3 Å². The molecule has 4 rings (SSSR count). The first-order valence-corrected chi connectivity index (χ1v) is 10.6. The Kier molecular flexibility index (Phi) is 5.99. The van der Waals surface area contributed by atoms with Crippen molar-refractivity contribution in [2.75, 3.05) is 11.6 Å². The fraction of sp³-hybridized carbons (Fsp3) is 0.190. The lowest BCUT2D eigenvalue weighted by Gasteiger charge is -2.08. The van der Waals surface area contributed by atoms with Crippen molar-refractivity contribution in [1.82, 2.24) is 4.98 Å². The Bertz CT molecular complexity index is 1240. The number of carbonyl (C=O) groups is 1. The van der Waals surface area contributed by atoms with Crippen LogP contribution in [0.5, 0.6) is 5.75 Å². The summed E-state index contributed by atoms with van der Waals surface area (Å²) in [5, 5.41) is 27.0. The summed E-state index contributed by atoms with van der Waals surface area (Å²) in [5.74, 6) is 0.206. The molecule has 0 radical (unpaired) electrons. The molecule has 1 atom stereocenters. The van der Waals surface area contributed by atoms with Gasteiger partial charge in [-0.05, 0) is 26.0 Å². The second-order valence-electron chi connectivity index (χ2n) is 6.73. The average molecular weight is 450 g/mol. The van der Waals surface area contributed by atoms with Crippen molar-refractivity contribution < 1.29 is 14.5 Å². The van der Waals surface area contributed by atoms with Crippen molar-refractivity contribution in [1.29, 1.82) is 0 Å². The molecule has 0 saturated carbocycles. The lowest BCUT2D eigenvalue weighted by atomic mass is 10.1. The zero-order valence-electron chi connectivity index (χ0n) is 17.2. The minimum absolute atomic E-state index is 0.0315. The molecule has 1 aliphatic rings. The Labute approximate surface area is 187 Å². The van der Waals surface area contributed by atoms with Gasteiger partial charge in [0.25, 0.3) is 11.6 Å². The van der Waals surface area contributed by atoms with Crippen LogP contribution in [0.4, 0.5) is 16.5 Å². The average Bonchev–Trinajstić information content (AvgIpc) is 3.38. The predicted octanol–water partition coefficient (Wildman–Crippen LogP) is 4.99. The number of anilines is 1. The van der Waals surface area contributed by atoms with E-state index in [0.717, 1.165) is 0 Å². The van der Waals surface area contributed by atoms with Crippen molar-refractivity contribution >= 4 is 39.5 Å². The highest BCUT2D eigenvalue weighted by molar-refractivity contribution is 7.14. The topological polar surface area (TPSA) is 123 Å². The van der Waals surface area contributed by atoms with Crippen molar-refractivity contribution in [3.05, 3.63) is 64.0 Å². The van der Waals surface area contributed by atoms with E-state index in [1.165, 1.54) is 28.5 Å². The van der Waals surface area contributed by atoms with Crippen molar-refractivity contribution in [3.8, 4) is 17.0 Å². The fourth-order valence-corrected chi connectivity index (χ4v) is 3.82. The maximum absolute atomic E-state index is 12.9. The van der Waals surface area contributed by atoms with E-state index >= 15 is 0 Å². The Balaban J connectivity index is 1.55. The minimum atomic E-state index is -0.866. The zero-order chi connectivity index (χ0) is 22.7. The number of hydrogen-bond acceptors (Lipinski definition) is 9. The number of non-ortho nitro benzene ring substituents is 1. The molecule has 0 bridgehead atoms. The second-order valence-corrected chi connectivity index (χ2v) is 7.57. The van der Waals surface area contributed by atoms with Crippen LogP contribution in [0, 0.1) is 10.1 Å². The summed E-state index contributed by atoms with van der Waals surface area (Å²) in [6.45, 7) is 4.06. The summed E-state index contributed by atoms with van der Waals surface area (Å²) < 4.78 is 5.53. The summed E-state index contributed by atoms with van der Waals surface area (Å²) in [5.41, 5.74) is 2.08. The van der Waals surface area contributed by atoms with Crippen molar-refractivity contribution in [3.63, 3.8) is 0 Å². The number of hydrogen-bond donors (Lipinski definition) is 0. The first kappa shape index (κ1) is 21.2. The maximum atomic E-state index is 12.9. The lowest BCUT2D eigenvalue weighted by Crippen LogP contribution is -2.29. The normalized spacial score (nSPS) is 15.9. The van der Waals surface area contributed by atoms with Crippen LogP contribution < -0.4 is 9.75 Å². The van der Waals surface area contributed by atoms with Crippen LogP contribution in [0.3, 0.4) is 0 Å². The number of aromatic nitrogens is 1. The fourth-order valence-electron chi connectivity index (χ4n) is 3.04. The monoisotopic (exact) mass is 450 g/mol. The number of hydrazone groups is 1. The number of amides is 1. The highest BCUT2D eigenvalue weighted by Crippen LogP contribution is 2.32. The maximum Gasteiger partial charge on any atom is 0.282 e. The number of nitro benzene ring substituents is 1. The van der Waals surface area contributed by atoms with Crippen molar-refractivity contribution in [2.24, 2.45) is 15.3 Å². The third-order valence-corrected chi connectivity index (χ3v) is 5.38. The van der Waals surface area contributed by atoms with Crippen LogP contribution in [0.2, 0.25) is 0 Å². The summed E-state index contributed by atoms with van der Waals surface area (Å²) in [6.07, 6.45) is 0. The van der Waals surface area contributed by atoms with Gasteiger partial charge in [-0.2, -0.15) is 20.3 Å². The largest absolute Gasteiger partial charge is 0.492 e. The number of thiazole rings is 1. The number of azo groups is 1. The zero-order valence-corrected chi connectivity index (χ0v) is 18.0. The molecule has 0 saturated heterocycles. The standard InChI is InChI=1S/C21H18N6O4S/c1-3-31-18-10-5-4-9-16(18)23-24-19-13(2)25-26(20(19)28)21-22-17(12-32-21)14-7-6-8-15(11-14)27(29)30/h4-12,19H,3H2,1-2H3. The number of benzene rings is 2. The van der Waals surface area contributed by atoms with Gasteiger partial charge in [0.05, 0.1) is 22.9 Å². The molecule has 32 heavy (non-hydrogen) atoms. The molecule has 162 valence electrons. The molecule has 1 aromatic heterocycles. The molecule has 0 aliphatic carbocycles. The summed E-state index contributed by atoms with van der Waals surface area (Å²) in [6, 6.07) is 12.5. The molecule has 1 unspecified atom stereocenters. The first-order chi connectivity index (χ1) is 15.5. The molecule has 2 aromatic carbocycles. The molecule has 0 spiro atoms. The quantitative estimate of drug-likeness (QED) is 0.285. The summed E-state index contributed by atoms with van der Waals surface area (Å²) in [7, 11) is 0. The molecule has 2 heterocycles. The van der Waals surface area contributed by atoms with Gasteiger partial charge in [0.1, 0.15) is 11.4 Å². The van der Waals surface area contributed by atoms with Crippen LogP contribution in [0.1, 0.15) is 13.8 Å². The Morgan fingerprint density at radius 2 is 2.06 bits per heavy atom. The van der Waals surface area contributed by atoms with E-state index in [-0.39, 0.29) is 11.6 Å². The van der Waals surface area contributed by atoms with Gasteiger partial charge in [0, 0.05) is 23.1 Å². The van der Waals surface area contributed by atoms with Crippen LogP contribution in [-0.2, 0) is 4.79 Å². The molecule has 3 aromatic rings. The molecule has 0 N–H and O–H groups in total. The van der Waals surface area contributed by atoms with Gasteiger partial charge in [0.15, 0.2) is 6.04 Å². The Morgan fingerprint density at radius 1 is 1.25 bits per heavy atom. The van der Waals surface area contributed by atoms with E-state index in [1.54, 1.807) is 36.6 Å². The van der Waals surface area contributed by atoms with E-state index in [1.807, 2.05) is 19.1 Å². The Morgan fingerprint density at radius 3 is 2.84 bits per heavy atom. The smallest absolute Gasteiger partial charge is 0.282 e. The van der Waals surface area contributed by atoms with Crippen molar-refractivity contribution in [2.45, 2.75) is 19.9 Å². The summed E-state index contributed by atoms with van der Waals surface area (Å²) in [4.78, 5) is 27.9. The van der Waals surface area contributed by atoms with E-state index in [2.05, 4.69) is 20.3 Å². The van der Waals surface area contributed by atoms with Crippen LogP contribution in [0.15, 0.2) is 69.2 Å². The second kappa shape index (κ2) is 9.02. The van der Waals surface area contributed by atoms with Gasteiger partial charge in [-0.25, -0.2) is 4.98 Å². The van der Waals surface area contributed by atoms with Gasteiger partial charge >= 0.3 is 0 Å². The predicted molar refractivity (Wildman–Crippen MR) is 121 cm³/mol. The number of ether oxygens (including phenoxy) is 1. The molecule has 1 amide bonds. The third-order valence-electron chi connectivity index (χ3n) is 4.57. The number of rotatable bonds is 7. The Hall–Kier alpha value is -3.99. The molecule has 0 fully saturated rings. The molecule has 1 aliphatic heterocycles. The van der Waals surface area contributed by atoms with Gasteiger partial charge < -0.3 is 4.74 Å². The van der Waals surface area contributed by atoms with E-state index in [9.17, 15) is 14.9 Å². The van der Waals surface area contributed by atoms with E-state index in [0.29, 0.717) is 40.1 Å². The number of para-hydroxylation sites is 1. The van der Waals surface area contributed by atoms with E-state index in [4.69, 9.17) is 4.74 Å². The third kappa shape index (κ3) is 4.23. The molecule has 10 nitrogen and oxygen atoms in total. The first-order valence-electron chi connectivity index (χ1n) is 9.70. The van der Waals surface area contributed by atoms with Crippen LogP contribution in [-0.4, -0.2) is 34.2 Å². The number of nitro groups is 1. The van der Waals surface area contributed by atoms with Gasteiger partial charge in [-0.1, -0.05) is 24.3 Å². The molecular weight excluding hydrogens is 432 g/mol. The lowest BCUT2D eigenvalue weighted by molar-refractivity contribution is -0.384. The number of nitrogens with zero attached hydrogens (tertiary/aromatic N) is 6. The SMILES string of the molecule is CCOc1ccccc1N=NC1C(=O)N(c2nc(-c3cccc([N+](=O)[O-])c3)cs2)N=C1C. The summed E-state index contributed by atoms with van der Waals surface area (Å²) >= 11 is 1.21. The van der Waals surface area contributed by atoms with Gasteiger partial charge in [-0.15, -0.1) is 11.3 Å². The highest BCUT2D eigenvalue weighted by atomic mass is 32.1. The van der Waals surface area contributed by atoms with Gasteiger partial charge in [-0.3, -0.25) is 14.9 Å². The molecule has 11 heteroatoms.